The Morgan fingerprint density at radius 1 is 0.933 bits per heavy atom. The molecule has 0 fully saturated rings. The zero-order chi connectivity index (χ0) is 11.5. The van der Waals surface area contributed by atoms with Gasteiger partial charge >= 0.3 is 0 Å². The Balaban J connectivity index is 3.19. The van der Waals surface area contributed by atoms with Crippen molar-refractivity contribution in [3.63, 3.8) is 0 Å². The van der Waals surface area contributed by atoms with E-state index in [-0.39, 0.29) is 0 Å². The molecule has 15 heavy (non-hydrogen) atoms. The van der Waals surface area contributed by atoms with Crippen molar-refractivity contribution >= 4 is 0 Å². The molecule has 0 aliphatic heterocycles. The third-order valence-electron chi connectivity index (χ3n) is 2.84. The van der Waals surface area contributed by atoms with Gasteiger partial charge in [-0.1, -0.05) is 65.0 Å². The summed E-state index contributed by atoms with van der Waals surface area (Å²) < 4.78 is 0. The van der Waals surface area contributed by atoms with Gasteiger partial charge in [0.15, 0.2) is 0 Å². The molecule has 0 saturated heterocycles. The summed E-state index contributed by atoms with van der Waals surface area (Å²) in [6.07, 6.45) is 11.6. The van der Waals surface area contributed by atoms with Crippen molar-refractivity contribution in [2.24, 2.45) is 5.92 Å². The molecule has 0 aromatic heterocycles. The second kappa shape index (κ2) is 10.3. The van der Waals surface area contributed by atoms with Crippen molar-refractivity contribution < 1.29 is 0 Å². The molecule has 0 rings (SSSR count). The summed E-state index contributed by atoms with van der Waals surface area (Å²) in [5, 5.41) is 0. The number of unbranched alkanes of at least 4 members (excludes halogenated alkanes) is 4. The molecular weight excluding hydrogens is 180 g/mol. The molecule has 0 spiro atoms. The van der Waals surface area contributed by atoms with Gasteiger partial charge in [0, 0.05) is 0 Å². The van der Waals surface area contributed by atoms with E-state index in [0.29, 0.717) is 0 Å². The maximum absolute atomic E-state index is 4.16. The lowest BCUT2D eigenvalue weighted by Gasteiger charge is -2.07. The Hall–Kier alpha value is -0.260. The van der Waals surface area contributed by atoms with Crippen molar-refractivity contribution in [1.29, 1.82) is 0 Å². The smallest absolute Gasteiger partial charge is 0.0323 e. The predicted octanol–water partition coefficient (Wildman–Crippen LogP) is 5.54. The van der Waals surface area contributed by atoms with Crippen LogP contribution in [0.25, 0.3) is 0 Å². The van der Waals surface area contributed by atoms with Crippen LogP contribution in [-0.2, 0) is 0 Å². The maximum Gasteiger partial charge on any atom is -0.0323 e. The fourth-order valence-electron chi connectivity index (χ4n) is 1.79. The fraction of sp³-hybridized carbons (Fsp3) is 0.800. The molecule has 0 aromatic carbocycles. The quantitative estimate of drug-likeness (QED) is 0.327. The molecule has 1 radical (unpaired) electrons. The summed E-state index contributed by atoms with van der Waals surface area (Å²) in [7, 11) is 0. The number of hydrogen-bond acceptors (Lipinski definition) is 0. The van der Waals surface area contributed by atoms with Crippen LogP contribution in [0.5, 0.6) is 0 Å². The molecular formula is C15H29. The lowest BCUT2D eigenvalue weighted by Crippen LogP contribution is -1.89. The van der Waals surface area contributed by atoms with E-state index in [1.807, 2.05) is 0 Å². The molecule has 0 heterocycles. The van der Waals surface area contributed by atoms with Crippen LogP contribution in [0, 0.1) is 12.8 Å². The average molecular weight is 209 g/mol. The summed E-state index contributed by atoms with van der Waals surface area (Å²) in [4.78, 5) is 0. The average Bonchev–Trinajstić information content (AvgIpc) is 2.17. The Morgan fingerprint density at radius 3 is 2.13 bits per heavy atom. The first kappa shape index (κ1) is 14.7. The summed E-state index contributed by atoms with van der Waals surface area (Å²) in [5.41, 5.74) is 1.46. The van der Waals surface area contributed by atoms with Crippen LogP contribution in [0.4, 0.5) is 0 Å². The van der Waals surface area contributed by atoms with Crippen LogP contribution in [0.2, 0.25) is 0 Å². The Kier molecular flexibility index (Phi) is 10.1. The highest BCUT2D eigenvalue weighted by Crippen LogP contribution is 2.16. The zero-order valence-corrected chi connectivity index (χ0v) is 10.9. The standard InChI is InChI=1S/C15H29/c1-5-6-7-8-9-12-15(4)13-10-11-14(2)3/h14H,1,4-13H2,2-3H3. The lowest BCUT2D eigenvalue weighted by molar-refractivity contribution is 0.547. The van der Waals surface area contributed by atoms with Gasteiger partial charge < -0.3 is 0 Å². The first-order valence-electron chi connectivity index (χ1n) is 6.62. The monoisotopic (exact) mass is 209 g/mol. The van der Waals surface area contributed by atoms with Crippen molar-refractivity contribution in [2.45, 2.75) is 71.6 Å². The van der Waals surface area contributed by atoms with E-state index < -0.39 is 0 Å². The third kappa shape index (κ3) is 11.7. The van der Waals surface area contributed by atoms with Crippen LogP contribution < -0.4 is 0 Å². The van der Waals surface area contributed by atoms with Crippen molar-refractivity contribution in [1.82, 2.24) is 0 Å². The predicted molar refractivity (Wildman–Crippen MR) is 70.9 cm³/mol. The number of rotatable bonds is 10. The van der Waals surface area contributed by atoms with Crippen LogP contribution in [0.15, 0.2) is 12.2 Å². The molecule has 89 valence electrons. The number of hydrogen-bond donors (Lipinski definition) is 0. The van der Waals surface area contributed by atoms with Crippen molar-refractivity contribution in [3.05, 3.63) is 19.1 Å². The van der Waals surface area contributed by atoms with E-state index in [1.54, 1.807) is 0 Å². The van der Waals surface area contributed by atoms with Gasteiger partial charge in [-0.15, -0.1) is 0 Å². The second-order valence-corrected chi connectivity index (χ2v) is 5.05. The summed E-state index contributed by atoms with van der Waals surface area (Å²) in [6.45, 7) is 12.6. The molecule has 0 nitrogen and oxygen atoms in total. The SMILES string of the molecule is [CH2]CCCCCCC(=C)CCCC(C)C. The van der Waals surface area contributed by atoms with Crippen LogP contribution in [0.1, 0.15) is 71.6 Å². The van der Waals surface area contributed by atoms with Crippen molar-refractivity contribution in [2.75, 3.05) is 0 Å². The highest BCUT2D eigenvalue weighted by molar-refractivity contribution is 4.93. The minimum atomic E-state index is 0.842. The molecule has 0 amide bonds. The Morgan fingerprint density at radius 2 is 1.53 bits per heavy atom. The molecule has 0 aliphatic rings. The molecule has 0 aromatic rings. The number of allylic oxidation sites excluding steroid dienone is 1. The van der Waals surface area contributed by atoms with Gasteiger partial charge in [-0.05, 0) is 31.6 Å². The highest BCUT2D eigenvalue weighted by atomic mass is 14.0. The van der Waals surface area contributed by atoms with Crippen LogP contribution in [0.3, 0.4) is 0 Å². The van der Waals surface area contributed by atoms with E-state index in [2.05, 4.69) is 27.4 Å². The van der Waals surface area contributed by atoms with E-state index in [0.717, 1.165) is 12.3 Å². The molecule has 0 unspecified atom stereocenters. The van der Waals surface area contributed by atoms with E-state index >= 15 is 0 Å². The van der Waals surface area contributed by atoms with Gasteiger partial charge in [-0.2, -0.15) is 0 Å². The minimum Gasteiger partial charge on any atom is -0.0999 e. The minimum absolute atomic E-state index is 0.842. The lowest BCUT2D eigenvalue weighted by atomic mass is 9.99. The summed E-state index contributed by atoms with van der Waals surface area (Å²) in [6, 6.07) is 0. The third-order valence-corrected chi connectivity index (χ3v) is 2.84. The molecule has 0 saturated carbocycles. The van der Waals surface area contributed by atoms with E-state index in [1.165, 1.54) is 56.9 Å². The first-order valence-corrected chi connectivity index (χ1v) is 6.62. The fourth-order valence-corrected chi connectivity index (χ4v) is 1.79. The normalized spacial score (nSPS) is 10.9. The molecule has 0 aliphatic carbocycles. The van der Waals surface area contributed by atoms with Gasteiger partial charge in [0.25, 0.3) is 0 Å². The molecule has 0 heteroatoms. The van der Waals surface area contributed by atoms with Gasteiger partial charge in [0.1, 0.15) is 0 Å². The first-order chi connectivity index (χ1) is 7.16. The maximum atomic E-state index is 4.16. The summed E-state index contributed by atoms with van der Waals surface area (Å²) in [5.74, 6) is 0.842. The topological polar surface area (TPSA) is 0 Å². The Bertz CT molecular complexity index is 144. The largest absolute Gasteiger partial charge is 0.0999 e. The second-order valence-electron chi connectivity index (χ2n) is 5.05. The van der Waals surface area contributed by atoms with Crippen molar-refractivity contribution in [3.8, 4) is 0 Å². The van der Waals surface area contributed by atoms with Gasteiger partial charge in [-0.25, -0.2) is 0 Å². The van der Waals surface area contributed by atoms with Gasteiger partial charge in [0.2, 0.25) is 0 Å². The zero-order valence-electron chi connectivity index (χ0n) is 10.9. The van der Waals surface area contributed by atoms with E-state index in [4.69, 9.17) is 0 Å². The molecule has 0 bridgehead atoms. The Labute approximate surface area is 97.2 Å². The molecule has 0 N–H and O–H groups in total. The van der Waals surface area contributed by atoms with Gasteiger partial charge in [-0.3, -0.25) is 0 Å². The highest BCUT2D eigenvalue weighted by Gasteiger charge is 1.98. The van der Waals surface area contributed by atoms with E-state index in [9.17, 15) is 0 Å². The van der Waals surface area contributed by atoms with Crippen LogP contribution in [-0.4, -0.2) is 0 Å². The van der Waals surface area contributed by atoms with Crippen LogP contribution >= 0.6 is 0 Å². The van der Waals surface area contributed by atoms with Gasteiger partial charge in [0.05, 0.1) is 0 Å². The summed E-state index contributed by atoms with van der Waals surface area (Å²) >= 11 is 0. The molecule has 0 atom stereocenters.